The molecule has 5 rings (SSSR count). The number of ketones is 1. The van der Waals surface area contributed by atoms with Crippen LogP contribution in [0.5, 0.6) is 0 Å². The second kappa shape index (κ2) is 14.3. The van der Waals surface area contributed by atoms with Gasteiger partial charge in [-0.15, -0.1) is 0 Å². The topological polar surface area (TPSA) is 175 Å². The molecule has 4 aromatic rings. The normalized spacial score (nSPS) is 13.5. The van der Waals surface area contributed by atoms with Crippen molar-refractivity contribution in [2.24, 2.45) is 5.92 Å². The Kier molecular flexibility index (Phi) is 10.0. The van der Waals surface area contributed by atoms with Crippen LogP contribution in [0.4, 0.5) is 4.39 Å². The first-order valence-electron chi connectivity index (χ1n) is 15.1. The molecule has 2 aromatic carbocycles. The van der Waals surface area contributed by atoms with Crippen LogP contribution in [-0.4, -0.2) is 93.1 Å². The van der Waals surface area contributed by atoms with E-state index in [-0.39, 0.29) is 61.6 Å². The van der Waals surface area contributed by atoms with E-state index in [1.54, 1.807) is 29.2 Å². The first-order valence-corrected chi connectivity index (χ1v) is 15.1. The summed E-state index contributed by atoms with van der Waals surface area (Å²) in [5.74, 6) is -3.00. The first kappa shape index (κ1) is 32.9. The van der Waals surface area contributed by atoms with Gasteiger partial charge in [-0.1, -0.05) is 12.1 Å². The van der Waals surface area contributed by atoms with Crippen LogP contribution in [0.15, 0.2) is 42.7 Å². The molecule has 14 nitrogen and oxygen atoms in total. The SMILES string of the molecule is COC(=O)CNC(=O)CNC(=O)Cn1ncc2c(-c3cc4c(cnn4C(=O)C4CCN(C(=O)CCC(C)=O)CC4)cc3F)cccc21. The zero-order valence-corrected chi connectivity index (χ0v) is 26.0. The molecule has 0 radical (unpaired) electrons. The first-order chi connectivity index (χ1) is 22.5. The summed E-state index contributed by atoms with van der Waals surface area (Å²) in [7, 11) is 1.19. The van der Waals surface area contributed by atoms with E-state index in [2.05, 4.69) is 25.6 Å². The van der Waals surface area contributed by atoms with Crippen molar-refractivity contribution in [2.45, 2.75) is 39.2 Å². The quantitative estimate of drug-likeness (QED) is 0.230. The largest absolute Gasteiger partial charge is 0.468 e. The second-order valence-electron chi connectivity index (χ2n) is 11.3. The van der Waals surface area contributed by atoms with E-state index in [1.165, 1.54) is 41.9 Å². The highest BCUT2D eigenvalue weighted by atomic mass is 19.1. The minimum absolute atomic E-state index is 0.0456. The number of Topliss-reactive ketones (excluding diaryl/α,β-unsaturated/α-hetero) is 1. The van der Waals surface area contributed by atoms with Crippen molar-refractivity contribution in [2.75, 3.05) is 33.3 Å². The van der Waals surface area contributed by atoms with Gasteiger partial charge in [0.15, 0.2) is 0 Å². The van der Waals surface area contributed by atoms with E-state index in [0.29, 0.717) is 53.3 Å². The van der Waals surface area contributed by atoms with Gasteiger partial charge in [-0.05, 0) is 43.5 Å². The number of benzene rings is 2. The number of nitrogens with zero attached hydrogens (tertiary/aromatic N) is 5. The maximum Gasteiger partial charge on any atom is 0.325 e. The molecule has 15 heteroatoms. The fraction of sp³-hybridized carbons (Fsp3) is 0.375. The van der Waals surface area contributed by atoms with Crippen LogP contribution in [0.3, 0.4) is 0 Å². The molecular formula is C32H34FN7O7. The van der Waals surface area contributed by atoms with Crippen molar-refractivity contribution in [1.82, 2.24) is 35.1 Å². The number of amides is 3. The van der Waals surface area contributed by atoms with Crippen molar-refractivity contribution in [3.63, 3.8) is 0 Å². The number of ether oxygens (including phenoxy) is 1. The van der Waals surface area contributed by atoms with Crippen molar-refractivity contribution in [1.29, 1.82) is 0 Å². The van der Waals surface area contributed by atoms with Crippen molar-refractivity contribution in [3.8, 4) is 11.1 Å². The fourth-order valence-electron chi connectivity index (χ4n) is 5.56. The molecular weight excluding hydrogens is 613 g/mol. The summed E-state index contributed by atoms with van der Waals surface area (Å²) >= 11 is 0. The number of halogens is 1. The zero-order chi connectivity index (χ0) is 33.7. The van der Waals surface area contributed by atoms with Crippen LogP contribution < -0.4 is 10.6 Å². The van der Waals surface area contributed by atoms with Crippen LogP contribution in [0.25, 0.3) is 32.9 Å². The van der Waals surface area contributed by atoms with Crippen LogP contribution in [0.1, 0.15) is 37.4 Å². The number of likely N-dealkylation sites (tertiary alicyclic amines) is 1. The van der Waals surface area contributed by atoms with Gasteiger partial charge in [0, 0.05) is 48.2 Å². The molecule has 3 amide bonds. The zero-order valence-electron chi connectivity index (χ0n) is 26.0. The third-order valence-corrected chi connectivity index (χ3v) is 8.13. The number of hydrogen-bond donors (Lipinski definition) is 2. The van der Waals surface area contributed by atoms with E-state index in [4.69, 9.17) is 0 Å². The Hall–Kier alpha value is -5.47. The molecule has 0 saturated carbocycles. The number of aromatic nitrogens is 4. The van der Waals surface area contributed by atoms with Crippen molar-refractivity contribution < 1.29 is 37.9 Å². The minimum Gasteiger partial charge on any atom is -0.468 e. The monoisotopic (exact) mass is 647 g/mol. The molecule has 0 unspecified atom stereocenters. The van der Waals surface area contributed by atoms with E-state index in [9.17, 15) is 28.8 Å². The van der Waals surface area contributed by atoms with Crippen LogP contribution in [-0.2, 0) is 35.3 Å². The van der Waals surface area contributed by atoms with Crippen molar-refractivity contribution >= 4 is 57.2 Å². The fourth-order valence-corrected chi connectivity index (χ4v) is 5.56. The molecule has 47 heavy (non-hydrogen) atoms. The Morgan fingerprint density at radius 1 is 0.915 bits per heavy atom. The van der Waals surface area contributed by atoms with Crippen LogP contribution in [0.2, 0.25) is 0 Å². The Bertz CT molecular complexity index is 1870. The lowest BCUT2D eigenvalue weighted by molar-refractivity contribution is -0.141. The molecule has 1 saturated heterocycles. The second-order valence-corrected chi connectivity index (χ2v) is 11.3. The van der Waals surface area contributed by atoms with Gasteiger partial charge in [0.25, 0.3) is 5.91 Å². The molecule has 246 valence electrons. The summed E-state index contributed by atoms with van der Waals surface area (Å²) in [6.45, 7) is 1.36. The van der Waals surface area contributed by atoms with Gasteiger partial charge in [0.1, 0.15) is 24.7 Å². The molecule has 0 atom stereocenters. The Morgan fingerprint density at radius 2 is 1.66 bits per heavy atom. The number of nitrogens with one attached hydrogen (secondary N) is 2. The summed E-state index contributed by atoms with van der Waals surface area (Å²) in [6, 6.07) is 8.03. The molecule has 1 fully saturated rings. The maximum absolute atomic E-state index is 15.5. The van der Waals surface area contributed by atoms with Gasteiger partial charge in [0.05, 0.1) is 37.1 Å². The Morgan fingerprint density at radius 3 is 2.38 bits per heavy atom. The average molecular weight is 648 g/mol. The van der Waals surface area contributed by atoms with E-state index in [0.717, 1.165) is 0 Å². The molecule has 1 aliphatic heterocycles. The number of fused-ring (bicyclic) bond motifs is 2. The number of rotatable bonds is 11. The van der Waals surface area contributed by atoms with Gasteiger partial charge in [0.2, 0.25) is 17.7 Å². The summed E-state index contributed by atoms with van der Waals surface area (Å²) in [5.41, 5.74) is 1.69. The Labute approximate surface area is 268 Å². The number of carbonyl (C=O) groups is 6. The third-order valence-electron chi connectivity index (χ3n) is 8.13. The highest BCUT2D eigenvalue weighted by Crippen LogP contribution is 2.33. The number of methoxy groups -OCH3 is 1. The lowest BCUT2D eigenvalue weighted by Crippen LogP contribution is -2.41. The van der Waals surface area contributed by atoms with Gasteiger partial charge in [-0.25, -0.2) is 4.39 Å². The summed E-state index contributed by atoms with van der Waals surface area (Å²) < 4.78 is 22.7. The van der Waals surface area contributed by atoms with Crippen molar-refractivity contribution in [3.05, 3.63) is 48.5 Å². The lowest BCUT2D eigenvalue weighted by atomic mass is 9.95. The number of piperidine rings is 1. The Balaban J connectivity index is 1.30. The molecule has 0 bridgehead atoms. The predicted molar refractivity (Wildman–Crippen MR) is 166 cm³/mol. The summed E-state index contributed by atoms with van der Waals surface area (Å²) in [5, 5.41) is 14.4. The highest BCUT2D eigenvalue weighted by molar-refractivity contribution is 5.99. The third kappa shape index (κ3) is 7.51. The molecule has 2 aromatic heterocycles. The van der Waals surface area contributed by atoms with Gasteiger partial charge in [-0.2, -0.15) is 14.9 Å². The minimum atomic E-state index is -0.621. The van der Waals surface area contributed by atoms with Gasteiger partial charge < -0.3 is 25.1 Å². The van der Waals surface area contributed by atoms with Crippen LogP contribution >= 0.6 is 0 Å². The van der Waals surface area contributed by atoms with Gasteiger partial charge >= 0.3 is 5.97 Å². The number of esters is 1. The number of hydrogen-bond acceptors (Lipinski definition) is 9. The maximum atomic E-state index is 15.5. The van der Waals surface area contributed by atoms with E-state index < -0.39 is 23.6 Å². The molecule has 1 aliphatic rings. The van der Waals surface area contributed by atoms with Crippen LogP contribution in [0, 0.1) is 11.7 Å². The standard InChI is InChI=1S/C32H34FN7O7/c1-19(41)6-7-30(44)38-10-8-20(9-11-38)32(46)40-27-13-23(25(33)12-21(27)14-37-40)22-4-3-5-26-24(22)15-36-39(26)18-29(43)34-16-28(42)35-17-31(45)47-2/h3-5,12-15,20H,6-11,16-18H2,1-2H3,(H,34,43)(H,35,42). The lowest BCUT2D eigenvalue weighted by Gasteiger charge is -2.31. The average Bonchev–Trinajstić information content (AvgIpc) is 3.68. The summed E-state index contributed by atoms with van der Waals surface area (Å²) in [6.07, 6.45) is 4.20. The molecule has 3 heterocycles. The highest BCUT2D eigenvalue weighted by Gasteiger charge is 2.29. The number of carbonyl (C=O) groups excluding carboxylic acids is 6. The summed E-state index contributed by atoms with van der Waals surface area (Å²) in [4.78, 5) is 74.5. The molecule has 0 aliphatic carbocycles. The molecule has 2 N–H and O–H groups in total. The smallest absolute Gasteiger partial charge is 0.325 e. The predicted octanol–water partition coefficient (Wildman–Crippen LogP) is 1.85. The van der Waals surface area contributed by atoms with E-state index in [1.807, 2.05) is 0 Å². The molecule has 0 spiro atoms. The van der Waals surface area contributed by atoms with E-state index >= 15 is 4.39 Å². The van der Waals surface area contributed by atoms with Gasteiger partial charge in [-0.3, -0.25) is 28.7 Å².